The molecule has 0 aliphatic carbocycles. The molecule has 0 amide bonds. The van der Waals surface area contributed by atoms with Gasteiger partial charge in [-0.1, -0.05) is 0 Å². The summed E-state index contributed by atoms with van der Waals surface area (Å²) in [6.45, 7) is 1.21. The monoisotopic (exact) mass is 265 g/mol. The van der Waals surface area contributed by atoms with E-state index in [0.717, 1.165) is 0 Å². The van der Waals surface area contributed by atoms with Crippen LogP contribution < -0.4 is 0 Å². The van der Waals surface area contributed by atoms with Gasteiger partial charge in [0.05, 0.1) is 6.61 Å². The van der Waals surface area contributed by atoms with Crippen molar-refractivity contribution in [1.29, 1.82) is 0 Å². The molecule has 0 fully saturated rings. The third-order valence-electron chi connectivity index (χ3n) is 0.502. The summed E-state index contributed by atoms with van der Waals surface area (Å²) in [5.41, 5.74) is 0. The van der Waals surface area contributed by atoms with Crippen LogP contribution in [0.25, 0.3) is 0 Å². The normalized spacial score (nSPS) is 16.3. The zero-order chi connectivity index (χ0) is 9.12. The molecule has 77 valence electrons. The summed E-state index contributed by atoms with van der Waals surface area (Å²) in [4.78, 5) is 24.6. The summed E-state index contributed by atoms with van der Waals surface area (Å²) in [6, 6.07) is 0. The number of phosphoric acid groups is 2. The molecule has 1 atom stereocenters. The molecule has 0 aromatic rings. The van der Waals surface area contributed by atoms with Crippen molar-refractivity contribution in [2.24, 2.45) is 0 Å². The van der Waals surface area contributed by atoms with Crippen molar-refractivity contribution >= 4 is 15.6 Å². The van der Waals surface area contributed by atoms with E-state index in [1.165, 1.54) is 6.92 Å². The van der Waals surface area contributed by atoms with Gasteiger partial charge in [-0.25, -0.2) is 9.13 Å². The second kappa shape index (κ2) is 5.49. The van der Waals surface area contributed by atoms with Crippen LogP contribution in [0.3, 0.4) is 0 Å². The zero-order valence-corrected chi connectivity index (χ0v) is 8.74. The fourth-order valence-electron chi connectivity index (χ4n) is 0.321. The third kappa shape index (κ3) is 8.86. The maximum absolute atomic E-state index is 10.4. The Morgan fingerprint density at radius 3 is 1.92 bits per heavy atom. The molecule has 3 N–H and O–H groups in total. The fraction of sp³-hybridized carbons (Fsp3) is 1.00. The molecule has 0 spiro atoms. The summed E-state index contributed by atoms with van der Waals surface area (Å²) >= 11 is 0. The van der Waals surface area contributed by atoms with Crippen molar-refractivity contribution in [3.63, 3.8) is 0 Å². The Hall–Kier alpha value is 0.766. The predicted octanol–water partition coefficient (Wildman–Crippen LogP) is 0.230. The van der Waals surface area contributed by atoms with E-state index >= 15 is 0 Å². The first kappa shape index (κ1) is 15.2. The van der Waals surface area contributed by atoms with Crippen molar-refractivity contribution in [2.45, 2.75) is 6.92 Å². The van der Waals surface area contributed by atoms with Gasteiger partial charge in [-0.3, -0.25) is 4.52 Å². The standard InChI is InChI=1S/C2H8O7P2.Co/c1-2-8-11(6,7)9-10(3,4)5;/h2H2,1H3,(H,6,7)(H2,3,4,5);. The van der Waals surface area contributed by atoms with Crippen molar-refractivity contribution in [1.82, 2.24) is 0 Å². The van der Waals surface area contributed by atoms with Gasteiger partial charge in [-0.2, -0.15) is 4.31 Å². The summed E-state index contributed by atoms with van der Waals surface area (Å²) in [5.74, 6) is 0. The molecule has 1 radical (unpaired) electrons. The summed E-state index contributed by atoms with van der Waals surface area (Å²) in [6.07, 6.45) is 0. The molecule has 0 aromatic carbocycles. The molecule has 0 saturated heterocycles. The molecule has 1 unspecified atom stereocenters. The molecule has 0 saturated carbocycles. The fourth-order valence-corrected chi connectivity index (χ4v) is 1.91. The largest absolute Gasteiger partial charge is 0.481 e. The molecule has 0 bridgehead atoms. The van der Waals surface area contributed by atoms with Crippen LogP contribution in [0.4, 0.5) is 0 Å². The minimum Gasteiger partial charge on any atom is -0.302 e. The Balaban J connectivity index is 0. The van der Waals surface area contributed by atoms with Gasteiger partial charge in [0.15, 0.2) is 0 Å². The van der Waals surface area contributed by atoms with Crippen molar-refractivity contribution < 1.29 is 49.4 Å². The number of hydrogen-bond acceptors (Lipinski definition) is 4. The Labute approximate surface area is 79.1 Å². The summed E-state index contributed by atoms with van der Waals surface area (Å²) in [7, 11) is -9.53. The van der Waals surface area contributed by atoms with Gasteiger partial charge in [0, 0.05) is 16.8 Å². The van der Waals surface area contributed by atoms with E-state index in [4.69, 9.17) is 14.7 Å². The van der Waals surface area contributed by atoms with Crippen LogP contribution in [0.1, 0.15) is 6.92 Å². The molecule has 0 aromatic heterocycles. The second-order valence-electron chi connectivity index (χ2n) is 1.46. The Morgan fingerprint density at radius 2 is 1.67 bits per heavy atom. The topological polar surface area (TPSA) is 113 Å². The predicted molar refractivity (Wildman–Crippen MR) is 34.6 cm³/mol. The Morgan fingerprint density at radius 1 is 1.25 bits per heavy atom. The van der Waals surface area contributed by atoms with E-state index in [9.17, 15) is 9.13 Å². The molecule has 0 rings (SSSR count). The minimum absolute atomic E-state index is 0. The first-order chi connectivity index (χ1) is 4.77. The maximum atomic E-state index is 10.4. The molecular formula is C2H8CoO7P2. The molecule has 10 heteroatoms. The van der Waals surface area contributed by atoms with E-state index < -0.39 is 15.6 Å². The third-order valence-corrected chi connectivity index (χ3v) is 2.76. The van der Waals surface area contributed by atoms with Gasteiger partial charge >= 0.3 is 15.6 Å². The van der Waals surface area contributed by atoms with Gasteiger partial charge < -0.3 is 14.7 Å². The van der Waals surface area contributed by atoms with E-state index in [-0.39, 0.29) is 23.4 Å². The number of phosphoric ester groups is 1. The smallest absolute Gasteiger partial charge is 0.302 e. The molecule has 0 heterocycles. The number of hydrogen-bond donors (Lipinski definition) is 3. The van der Waals surface area contributed by atoms with Gasteiger partial charge in [0.25, 0.3) is 0 Å². The first-order valence-electron chi connectivity index (χ1n) is 2.51. The average molecular weight is 265 g/mol. The van der Waals surface area contributed by atoms with Crippen LogP contribution >= 0.6 is 15.6 Å². The molecule has 7 nitrogen and oxygen atoms in total. The second-order valence-corrected chi connectivity index (χ2v) is 4.29. The zero-order valence-electron chi connectivity index (χ0n) is 5.91. The minimum atomic E-state index is -4.96. The van der Waals surface area contributed by atoms with Gasteiger partial charge in [0.2, 0.25) is 0 Å². The Bertz CT molecular complexity index is 209. The van der Waals surface area contributed by atoms with Crippen molar-refractivity contribution in [3.8, 4) is 0 Å². The quantitative estimate of drug-likeness (QED) is 0.623. The van der Waals surface area contributed by atoms with E-state index in [1.807, 2.05) is 0 Å². The summed E-state index contributed by atoms with van der Waals surface area (Å²) in [5, 5.41) is 0. The van der Waals surface area contributed by atoms with Crippen molar-refractivity contribution in [3.05, 3.63) is 0 Å². The van der Waals surface area contributed by atoms with Gasteiger partial charge in [-0.15, -0.1) is 0 Å². The van der Waals surface area contributed by atoms with Crippen molar-refractivity contribution in [2.75, 3.05) is 6.61 Å². The maximum Gasteiger partial charge on any atom is 0.481 e. The van der Waals surface area contributed by atoms with Crippen LogP contribution in [0.2, 0.25) is 0 Å². The van der Waals surface area contributed by atoms with Crippen LogP contribution in [-0.2, 0) is 34.7 Å². The van der Waals surface area contributed by atoms with Gasteiger partial charge in [0.1, 0.15) is 0 Å². The molecule has 0 aliphatic heterocycles. The number of rotatable bonds is 4. The molecular weight excluding hydrogens is 257 g/mol. The average Bonchev–Trinajstić information content (AvgIpc) is 1.55. The van der Waals surface area contributed by atoms with Crippen LogP contribution in [0.5, 0.6) is 0 Å². The van der Waals surface area contributed by atoms with E-state index in [0.29, 0.717) is 0 Å². The first-order valence-corrected chi connectivity index (χ1v) is 5.53. The molecule has 0 aliphatic rings. The Kier molecular flexibility index (Phi) is 6.97. The van der Waals surface area contributed by atoms with Crippen LogP contribution in [0.15, 0.2) is 0 Å². The van der Waals surface area contributed by atoms with Crippen LogP contribution in [-0.4, -0.2) is 21.3 Å². The van der Waals surface area contributed by atoms with Gasteiger partial charge in [-0.05, 0) is 6.92 Å². The summed E-state index contributed by atoms with van der Waals surface area (Å²) < 4.78 is 27.9. The van der Waals surface area contributed by atoms with Crippen LogP contribution in [0, 0.1) is 0 Å². The van der Waals surface area contributed by atoms with E-state index in [2.05, 4.69) is 8.83 Å². The molecule has 12 heavy (non-hydrogen) atoms. The van der Waals surface area contributed by atoms with E-state index in [1.54, 1.807) is 0 Å². The SMILES string of the molecule is CCOP(=O)(O)OP(=O)(O)O.[Co].